The van der Waals surface area contributed by atoms with Gasteiger partial charge in [-0.25, -0.2) is 13.2 Å². The van der Waals surface area contributed by atoms with Crippen molar-refractivity contribution in [3.8, 4) is 0 Å². The van der Waals surface area contributed by atoms with Crippen LogP contribution in [0.5, 0.6) is 0 Å². The van der Waals surface area contributed by atoms with Crippen LogP contribution in [0.3, 0.4) is 0 Å². The first-order valence-corrected chi connectivity index (χ1v) is 4.67. The second kappa shape index (κ2) is 5.05. The lowest BCUT2D eigenvalue weighted by atomic mass is 10.1. The fourth-order valence-electron chi connectivity index (χ4n) is 1.09. The van der Waals surface area contributed by atoms with Crippen molar-refractivity contribution in [3.05, 3.63) is 29.6 Å². The zero-order valence-corrected chi connectivity index (χ0v) is 8.71. The summed E-state index contributed by atoms with van der Waals surface area (Å²) in [5.41, 5.74) is 5.16. The van der Waals surface area contributed by atoms with E-state index in [0.29, 0.717) is 0 Å². The Labute approximate surface area is 95.2 Å². The quantitative estimate of drug-likeness (QED) is 0.689. The number of nitrogens with one attached hydrogen (secondary N) is 1. The van der Waals surface area contributed by atoms with E-state index in [1.165, 1.54) is 0 Å². The van der Waals surface area contributed by atoms with Crippen LogP contribution in [0.25, 0.3) is 0 Å². The predicted octanol–water partition coefficient (Wildman–Crippen LogP) is 0.765. The first-order valence-electron chi connectivity index (χ1n) is 4.67. The number of alkyl halides is 2. The molecule has 1 amide bonds. The van der Waals surface area contributed by atoms with E-state index >= 15 is 0 Å². The van der Waals surface area contributed by atoms with Crippen LogP contribution < -0.4 is 11.1 Å². The molecule has 1 aromatic rings. The molecule has 0 heterocycles. The number of hydrogen-bond donors (Lipinski definition) is 3. The van der Waals surface area contributed by atoms with Gasteiger partial charge in [0, 0.05) is 5.69 Å². The minimum Gasteiger partial charge on any atom is -0.398 e. The largest absolute Gasteiger partial charge is 0.398 e. The summed E-state index contributed by atoms with van der Waals surface area (Å²) in [7, 11) is 0. The molecule has 0 aliphatic carbocycles. The monoisotopic (exact) mass is 248 g/mol. The fourth-order valence-corrected chi connectivity index (χ4v) is 1.09. The Morgan fingerprint density at radius 2 is 2.12 bits per heavy atom. The van der Waals surface area contributed by atoms with Crippen LogP contribution in [0.1, 0.15) is 10.4 Å². The Bertz CT molecular complexity index is 424. The topological polar surface area (TPSA) is 75.4 Å². The SMILES string of the molecule is Nc1ccc(F)cc1C(=O)NCC(F)(F)CO. The van der Waals surface area contributed by atoms with Gasteiger partial charge in [0.25, 0.3) is 11.8 Å². The minimum atomic E-state index is -3.42. The Hall–Kier alpha value is -1.76. The maximum absolute atomic E-state index is 12.8. The van der Waals surface area contributed by atoms with Crippen molar-refractivity contribution in [2.24, 2.45) is 0 Å². The highest BCUT2D eigenvalue weighted by atomic mass is 19.3. The van der Waals surface area contributed by atoms with E-state index in [1.54, 1.807) is 0 Å². The first-order chi connectivity index (χ1) is 7.85. The average molecular weight is 248 g/mol. The third-order valence-electron chi connectivity index (χ3n) is 2.00. The fraction of sp³-hybridized carbons (Fsp3) is 0.300. The van der Waals surface area contributed by atoms with Gasteiger partial charge in [-0.05, 0) is 18.2 Å². The molecule has 0 atom stereocenters. The highest BCUT2D eigenvalue weighted by molar-refractivity contribution is 5.99. The third-order valence-corrected chi connectivity index (χ3v) is 2.00. The number of aliphatic hydroxyl groups is 1. The second-order valence-electron chi connectivity index (χ2n) is 3.43. The van der Waals surface area contributed by atoms with Crippen LogP contribution in [0.2, 0.25) is 0 Å². The van der Waals surface area contributed by atoms with Gasteiger partial charge < -0.3 is 16.2 Å². The molecule has 0 bridgehead atoms. The molecule has 0 aliphatic heterocycles. The van der Waals surface area contributed by atoms with E-state index in [9.17, 15) is 18.0 Å². The highest BCUT2D eigenvalue weighted by Gasteiger charge is 2.28. The number of hydrogen-bond acceptors (Lipinski definition) is 3. The zero-order chi connectivity index (χ0) is 13.1. The summed E-state index contributed by atoms with van der Waals surface area (Å²) in [4.78, 5) is 11.4. The van der Waals surface area contributed by atoms with Gasteiger partial charge in [0.2, 0.25) is 0 Å². The number of halogens is 3. The summed E-state index contributed by atoms with van der Waals surface area (Å²) in [6.45, 7) is -2.43. The van der Waals surface area contributed by atoms with Gasteiger partial charge in [-0.15, -0.1) is 0 Å². The molecule has 4 N–H and O–H groups in total. The number of nitrogens with two attached hydrogens (primary N) is 1. The number of amides is 1. The van der Waals surface area contributed by atoms with Crippen molar-refractivity contribution in [2.45, 2.75) is 5.92 Å². The van der Waals surface area contributed by atoms with Crippen LogP contribution in [0.15, 0.2) is 18.2 Å². The molecule has 0 saturated carbocycles. The lowest BCUT2D eigenvalue weighted by Gasteiger charge is -2.14. The summed E-state index contributed by atoms with van der Waals surface area (Å²) in [5.74, 6) is -5.04. The lowest BCUT2D eigenvalue weighted by Crippen LogP contribution is -2.39. The molecular formula is C10H11F3N2O2. The van der Waals surface area contributed by atoms with Crippen LogP contribution >= 0.6 is 0 Å². The molecular weight excluding hydrogens is 237 g/mol. The van der Waals surface area contributed by atoms with E-state index < -0.39 is 30.8 Å². The van der Waals surface area contributed by atoms with E-state index in [2.05, 4.69) is 0 Å². The standard InChI is InChI=1S/C10H11F3N2O2/c11-6-1-2-8(14)7(3-6)9(17)15-4-10(12,13)5-16/h1-3,16H,4-5,14H2,(H,15,17). The summed E-state index contributed by atoms with van der Waals surface area (Å²) >= 11 is 0. The Kier molecular flexibility index (Phi) is 3.95. The summed E-state index contributed by atoms with van der Waals surface area (Å²) < 4.78 is 38.1. The second-order valence-corrected chi connectivity index (χ2v) is 3.43. The normalized spacial score (nSPS) is 11.3. The molecule has 7 heteroatoms. The summed E-state index contributed by atoms with van der Waals surface area (Å²) in [6, 6.07) is 3.06. The lowest BCUT2D eigenvalue weighted by molar-refractivity contribution is -0.0461. The highest BCUT2D eigenvalue weighted by Crippen LogP contribution is 2.14. The summed E-state index contributed by atoms with van der Waals surface area (Å²) in [5, 5.41) is 10.2. The van der Waals surface area contributed by atoms with Crippen molar-refractivity contribution in [3.63, 3.8) is 0 Å². The van der Waals surface area contributed by atoms with E-state index in [0.717, 1.165) is 18.2 Å². The van der Waals surface area contributed by atoms with Crippen LogP contribution in [-0.2, 0) is 0 Å². The van der Waals surface area contributed by atoms with Gasteiger partial charge >= 0.3 is 0 Å². The molecule has 17 heavy (non-hydrogen) atoms. The van der Waals surface area contributed by atoms with Crippen molar-refractivity contribution in [2.75, 3.05) is 18.9 Å². The van der Waals surface area contributed by atoms with Gasteiger partial charge in [0.15, 0.2) is 0 Å². The van der Waals surface area contributed by atoms with Crippen molar-refractivity contribution >= 4 is 11.6 Å². The smallest absolute Gasteiger partial charge is 0.287 e. The molecule has 94 valence electrons. The van der Waals surface area contributed by atoms with E-state index in [-0.39, 0.29) is 11.3 Å². The number of benzene rings is 1. The molecule has 0 fully saturated rings. The molecule has 1 aromatic carbocycles. The van der Waals surface area contributed by atoms with Gasteiger partial charge in [-0.3, -0.25) is 4.79 Å². The average Bonchev–Trinajstić information content (AvgIpc) is 2.29. The number of rotatable bonds is 4. The molecule has 0 aromatic heterocycles. The number of anilines is 1. The molecule has 0 spiro atoms. The van der Waals surface area contributed by atoms with Crippen molar-refractivity contribution < 1.29 is 23.1 Å². The van der Waals surface area contributed by atoms with E-state index in [1.807, 2.05) is 5.32 Å². The summed E-state index contributed by atoms with van der Waals surface area (Å²) in [6.07, 6.45) is 0. The number of carbonyl (C=O) groups is 1. The van der Waals surface area contributed by atoms with E-state index in [4.69, 9.17) is 10.8 Å². The molecule has 0 radical (unpaired) electrons. The Morgan fingerprint density at radius 1 is 1.47 bits per heavy atom. The Balaban J connectivity index is 2.74. The maximum Gasteiger partial charge on any atom is 0.287 e. The molecule has 0 aliphatic rings. The predicted molar refractivity (Wildman–Crippen MR) is 55.2 cm³/mol. The molecule has 0 unspecified atom stereocenters. The Morgan fingerprint density at radius 3 is 2.71 bits per heavy atom. The number of nitrogen functional groups attached to an aromatic ring is 1. The molecule has 4 nitrogen and oxygen atoms in total. The molecule has 0 saturated heterocycles. The van der Waals surface area contributed by atoms with Gasteiger partial charge in [-0.2, -0.15) is 0 Å². The van der Waals surface area contributed by atoms with Crippen LogP contribution in [0.4, 0.5) is 18.9 Å². The minimum absolute atomic E-state index is 0.0174. The number of carbonyl (C=O) groups excluding carboxylic acids is 1. The van der Waals surface area contributed by atoms with Crippen LogP contribution in [0, 0.1) is 5.82 Å². The van der Waals surface area contributed by atoms with Gasteiger partial charge in [0.05, 0.1) is 12.1 Å². The van der Waals surface area contributed by atoms with Gasteiger partial charge in [0.1, 0.15) is 12.4 Å². The first kappa shape index (κ1) is 13.3. The number of aliphatic hydroxyl groups excluding tert-OH is 1. The molecule has 1 rings (SSSR count). The van der Waals surface area contributed by atoms with Crippen molar-refractivity contribution in [1.29, 1.82) is 0 Å². The zero-order valence-electron chi connectivity index (χ0n) is 8.71. The third kappa shape index (κ3) is 3.63. The van der Waals surface area contributed by atoms with Gasteiger partial charge in [-0.1, -0.05) is 0 Å². The van der Waals surface area contributed by atoms with Crippen LogP contribution in [-0.4, -0.2) is 30.1 Å². The maximum atomic E-state index is 12.8. The van der Waals surface area contributed by atoms with Crippen molar-refractivity contribution in [1.82, 2.24) is 5.32 Å².